The topological polar surface area (TPSA) is 65.0 Å². The number of benzene rings is 2. The second-order valence-corrected chi connectivity index (χ2v) is 4.58. The third-order valence-corrected chi connectivity index (χ3v) is 3.17. The van der Waals surface area contributed by atoms with Gasteiger partial charge in [-0.3, -0.25) is 0 Å². The maximum Gasteiger partial charge on any atom is 0.339 e. The fourth-order valence-electron chi connectivity index (χ4n) is 2.03. The average Bonchev–Trinajstić information content (AvgIpc) is 2.59. The predicted molar refractivity (Wildman–Crippen MR) is 80.7 cm³/mol. The lowest BCUT2D eigenvalue weighted by Gasteiger charge is -2.17. The number of ether oxygens (including phenoxy) is 3. The van der Waals surface area contributed by atoms with Crippen LogP contribution in [0.25, 0.3) is 0 Å². The number of aliphatic hydroxyl groups is 1. The Bertz CT molecular complexity index is 624. The van der Waals surface area contributed by atoms with Crippen LogP contribution < -0.4 is 9.47 Å². The van der Waals surface area contributed by atoms with E-state index in [-0.39, 0.29) is 0 Å². The van der Waals surface area contributed by atoms with Crippen molar-refractivity contribution in [3.63, 3.8) is 0 Å². The van der Waals surface area contributed by atoms with Crippen LogP contribution in [-0.4, -0.2) is 25.3 Å². The molecule has 116 valence electrons. The summed E-state index contributed by atoms with van der Waals surface area (Å²) in [6.07, 6.45) is -1.43. The highest BCUT2D eigenvalue weighted by atomic mass is 16.5. The van der Waals surface area contributed by atoms with Gasteiger partial charge in [0.05, 0.1) is 14.2 Å². The van der Waals surface area contributed by atoms with Crippen LogP contribution in [-0.2, 0) is 16.1 Å². The van der Waals surface area contributed by atoms with Crippen LogP contribution in [0.15, 0.2) is 48.5 Å². The molecule has 1 unspecified atom stereocenters. The summed E-state index contributed by atoms with van der Waals surface area (Å²) in [5.74, 6) is 0.0148. The summed E-state index contributed by atoms with van der Waals surface area (Å²) in [6.45, 7) is 0.294. The van der Waals surface area contributed by atoms with Crippen molar-refractivity contribution in [3.8, 4) is 11.5 Å². The molecule has 1 atom stereocenters. The lowest BCUT2D eigenvalue weighted by Crippen LogP contribution is -2.15. The van der Waals surface area contributed by atoms with E-state index >= 15 is 0 Å². The highest BCUT2D eigenvalue weighted by Crippen LogP contribution is 2.35. The van der Waals surface area contributed by atoms with E-state index in [4.69, 9.17) is 9.47 Å². The van der Waals surface area contributed by atoms with Crippen LogP contribution in [0.5, 0.6) is 11.5 Å². The minimum atomic E-state index is -1.43. The number of rotatable bonds is 6. The van der Waals surface area contributed by atoms with Crippen LogP contribution in [0.4, 0.5) is 0 Å². The Morgan fingerprint density at radius 2 is 1.82 bits per heavy atom. The summed E-state index contributed by atoms with van der Waals surface area (Å²) in [7, 11) is 2.72. The zero-order chi connectivity index (χ0) is 15.9. The normalized spacial score (nSPS) is 11.6. The summed E-state index contributed by atoms with van der Waals surface area (Å²) >= 11 is 0. The van der Waals surface area contributed by atoms with Crippen molar-refractivity contribution < 1.29 is 24.1 Å². The third kappa shape index (κ3) is 3.56. The Morgan fingerprint density at radius 3 is 2.45 bits per heavy atom. The Balaban J connectivity index is 2.29. The lowest BCUT2D eigenvalue weighted by molar-refractivity contribution is -0.150. The Morgan fingerprint density at radius 1 is 1.09 bits per heavy atom. The van der Waals surface area contributed by atoms with Gasteiger partial charge >= 0.3 is 5.97 Å². The van der Waals surface area contributed by atoms with Gasteiger partial charge in [-0.2, -0.15) is 0 Å². The average molecular weight is 302 g/mol. The molecule has 0 aliphatic rings. The highest BCUT2D eigenvalue weighted by molar-refractivity contribution is 5.77. The van der Waals surface area contributed by atoms with E-state index in [1.165, 1.54) is 14.2 Å². The number of aliphatic hydroxyl groups excluding tert-OH is 1. The Labute approximate surface area is 129 Å². The van der Waals surface area contributed by atoms with E-state index in [1.54, 1.807) is 18.2 Å². The molecule has 0 heterocycles. The first-order valence-electron chi connectivity index (χ1n) is 6.77. The first-order chi connectivity index (χ1) is 10.7. The molecule has 2 aromatic rings. The van der Waals surface area contributed by atoms with Crippen molar-refractivity contribution in [2.24, 2.45) is 0 Å². The molecule has 5 nitrogen and oxygen atoms in total. The standard InChI is InChI=1S/C17H18O5/c1-20-14-10-6-9-13(15(18)17(19)21-2)16(14)22-11-12-7-4-3-5-8-12/h3-10,15,18H,11H2,1-2H3. The highest BCUT2D eigenvalue weighted by Gasteiger charge is 2.24. The van der Waals surface area contributed by atoms with Gasteiger partial charge in [-0.25, -0.2) is 4.79 Å². The largest absolute Gasteiger partial charge is 0.493 e. The van der Waals surface area contributed by atoms with E-state index in [0.29, 0.717) is 23.7 Å². The molecular formula is C17H18O5. The van der Waals surface area contributed by atoms with Crippen molar-refractivity contribution in [1.29, 1.82) is 0 Å². The van der Waals surface area contributed by atoms with Crippen LogP contribution >= 0.6 is 0 Å². The summed E-state index contributed by atoms with van der Waals surface area (Å²) in [5.41, 5.74) is 1.27. The molecule has 2 aromatic carbocycles. The monoisotopic (exact) mass is 302 g/mol. The van der Waals surface area contributed by atoms with Gasteiger partial charge in [-0.05, 0) is 11.6 Å². The fourth-order valence-corrected chi connectivity index (χ4v) is 2.03. The van der Waals surface area contributed by atoms with Gasteiger partial charge in [0, 0.05) is 5.56 Å². The van der Waals surface area contributed by atoms with Crippen molar-refractivity contribution in [3.05, 3.63) is 59.7 Å². The molecule has 0 amide bonds. The number of carbonyl (C=O) groups is 1. The molecule has 0 saturated heterocycles. The van der Waals surface area contributed by atoms with Crippen molar-refractivity contribution in [2.75, 3.05) is 14.2 Å². The Hall–Kier alpha value is -2.53. The van der Waals surface area contributed by atoms with Gasteiger partial charge in [-0.1, -0.05) is 42.5 Å². The van der Waals surface area contributed by atoms with Crippen LogP contribution in [0.3, 0.4) is 0 Å². The number of hydrogen-bond acceptors (Lipinski definition) is 5. The van der Waals surface area contributed by atoms with Gasteiger partial charge < -0.3 is 19.3 Å². The first-order valence-corrected chi connectivity index (χ1v) is 6.77. The molecule has 0 spiro atoms. The first kappa shape index (κ1) is 15.9. The van der Waals surface area contributed by atoms with Gasteiger partial charge in [0.25, 0.3) is 0 Å². The molecule has 0 aromatic heterocycles. The predicted octanol–water partition coefficient (Wildman–Crippen LogP) is 2.48. The summed E-state index contributed by atoms with van der Waals surface area (Å²) in [5, 5.41) is 10.1. The SMILES string of the molecule is COC(=O)C(O)c1cccc(OC)c1OCc1ccccc1. The molecule has 0 aliphatic carbocycles. The molecule has 5 heteroatoms. The van der Waals surface area contributed by atoms with Crippen molar-refractivity contribution in [2.45, 2.75) is 12.7 Å². The molecule has 0 fully saturated rings. The lowest BCUT2D eigenvalue weighted by atomic mass is 10.1. The maximum atomic E-state index is 11.6. The molecule has 2 rings (SSSR count). The second-order valence-electron chi connectivity index (χ2n) is 4.58. The van der Waals surface area contributed by atoms with Crippen molar-refractivity contribution >= 4 is 5.97 Å². The van der Waals surface area contributed by atoms with E-state index in [2.05, 4.69) is 4.74 Å². The third-order valence-electron chi connectivity index (χ3n) is 3.17. The molecule has 0 aliphatic heterocycles. The van der Waals surface area contributed by atoms with Gasteiger partial charge in [0.1, 0.15) is 6.61 Å². The van der Waals surface area contributed by atoms with Crippen LogP contribution in [0, 0.1) is 0 Å². The maximum absolute atomic E-state index is 11.6. The minimum Gasteiger partial charge on any atom is -0.493 e. The number of hydrogen-bond donors (Lipinski definition) is 1. The van der Waals surface area contributed by atoms with Crippen LogP contribution in [0.1, 0.15) is 17.2 Å². The second kappa shape index (κ2) is 7.47. The Kier molecular flexibility index (Phi) is 5.38. The number of carbonyl (C=O) groups excluding carboxylic acids is 1. The van der Waals surface area contributed by atoms with Crippen molar-refractivity contribution in [1.82, 2.24) is 0 Å². The zero-order valence-electron chi connectivity index (χ0n) is 12.5. The van der Waals surface area contributed by atoms with E-state index in [9.17, 15) is 9.90 Å². The number of methoxy groups -OCH3 is 2. The molecular weight excluding hydrogens is 284 g/mol. The van der Waals surface area contributed by atoms with E-state index < -0.39 is 12.1 Å². The smallest absolute Gasteiger partial charge is 0.339 e. The molecule has 1 N–H and O–H groups in total. The minimum absolute atomic E-state index is 0.294. The summed E-state index contributed by atoms with van der Waals surface area (Å²) in [6, 6.07) is 14.6. The van der Waals surface area contributed by atoms with Gasteiger partial charge in [0.15, 0.2) is 17.6 Å². The molecule has 22 heavy (non-hydrogen) atoms. The zero-order valence-corrected chi connectivity index (χ0v) is 12.5. The van der Waals surface area contributed by atoms with E-state index in [1.807, 2.05) is 30.3 Å². The van der Waals surface area contributed by atoms with E-state index in [0.717, 1.165) is 5.56 Å². The van der Waals surface area contributed by atoms with Gasteiger partial charge in [-0.15, -0.1) is 0 Å². The van der Waals surface area contributed by atoms with Crippen LogP contribution in [0.2, 0.25) is 0 Å². The summed E-state index contributed by atoms with van der Waals surface area (Å²) in [4.78, 5) is 11.6. The number of para-hydroxylation sites is 1. The molecule has 0 bridgehead atoms. The fraction of sp³-hybridized carbons (Fsp3) is 0.235. The number of esters is 1. The summed E-state index contributed by atoms with van der Waals surface area (Å²) < 4.78 is 15.6. The quantitative estimate of drug-likeness (QED) is 0.830. The molecule has 0 saturated carbocycles. The van der Waals surface area contributed by atoms with Gasteiger partial charge in [0.2, 0.25) is 0 Å². The molecule has 0 radical (unpaired) electrons.